The quantitative estimate of drug-likeness (QED) is 0.362. The van der Waals surface area contributed by atoms with E-state index in [9.17, 15) is 0 Å². The number of nitrogen functional groups attached to an aromatic ring is 1. The highest BCUT2D eigenvalue weighted by molar-refractivity contribution is 5.95. The van der Waals surface area contributed by atoms with Crippen LogP contribution in [0.4, 0.5) is 11.4 Å². The molecule has 0 saturated heterocycles. The summed E-state index contributed by atoms with van der Waals surface area (Å²) in [6.45, 7) is 0. The standard InChI is InChI=1S/C21H21N5/c22-21(23)15-8-10-17(11-9-15)25-26-20-18-4-2-1-3-16(18)13-24-19(20)12-7-14-5-6-14/h1-4,8-11,13-14H,5-7,12H2,(H3,22,23). The molecule has 0 unspecified atom stereocenters. The number of pyridine rings is 1. The van der Waals surface area contributed by atoms with Gasteiger partial charge in [-0.05, 0) is 43.0 Å². The molecule has 3 aromatic rings. The Balaban J connectivity index is 1.68. The molecule has 26 heavy (non-hydrogen) atoms. The zero-order valence-electron chi connectivity index (χ0n) is 14.5. The van der Waals surface area contributed by atoms with Gasteiger partial charge in [-0.15, -0.1) is 5.11 Å². The number of hydrogen-bond acceptors (Lipinski definition) is 4. The van der Waals surface area contributed by atoms with E-state index in [1.54, 1.807) is 12.1 Å². The van der Waals surface area contributed by atoms with Crippen molar-refractivity contribution in [1.82, 2.24) is 4.98 Å². The number of amidine groups is 1. The molecule has 0 aliphatic heterocycles. The van der Waals surface area contributed by atoms with Crippen LogP contribution in [-0.4, -0.2) is 10.8 Å². The molecule has 5 heteroatoms. The SMILES string of the molecule is N=C(N)c1ccc(N=Nc2c(CCC3CC3)ncc3ccccc23)cc1. The van der Waals surface area contributed by atoms with Crippen LogP contribution in [0.25, 0.3) is 10.8 Å². The molecular formula is C21H21N5. The number of aromatic nitrogens is 1. The molecule has 1 aromatic heterocycles. The van der Waals surface area contributed by atoms with Crippen molar-refractivity contribution < 1.29 is 0 Å². The molecule has 1 aliphatic carbocycles. The Morgan fingerprint density at radius 2 is 1.85 bits per heavy atom. The lowest BCUT2D eigenvalue weighted by atomic mass is 10.1. The molecule has 0 amide bonds. The van der Waals surface area contributed by atoms with Crippen molar-refractivity contribution in [2.45, 2.75) is 25.7 Å². The Labute approximate surface area is 152 Å². The summed E-state index contributed by atoms with van der Waals surface area (Å²) in [7, 11) is 0. The number of nitrogens with zero attached hydrogens (tertiary/aromatic N) is 3. The summed E-state index contributed by atoms with van der Waals surface area (Å²) in [5, 5.41) is 18.6. The second kappa shape index (κ2) is 7.04. The summed E-state index contributed by atoms with van der Waals surface area (Å²) in [5.74, 6) is 0.904. The summed E-state index contributed by atoms with van der Waals surface area (Å²) in [5.41, 5.74) is 8.78. The first-order valence-corrected chi connectivity index (χ1v) is 8.93. The number of rotatable bonds is 6. The molecule has 0 radical (unpaired) electrons. The Hall–Kier alpha value is -3.08. The number of hydrogen-bond donors (Lipinski definition) is 2. The van der Waals surface area contributed by atoms with Gasteiger partial charge in [-0.2, -0.15) is 5.11 Å². The minimum Gasteiger partial charge on any atom is -0.384 e. The van der Waals surface area contributed by atoms with Crippen LogP contribution in [0.15, 0.2) is 65.0 Å². The van der Waals surface area contributed by atoms with Gasteiger partial charge in [0.2, 0.25) is 0 Å². The van der Waals surface area contributed by atoms with Crippen molar-refractivity contribution in [3.05, 3.63) is 66.0 Å². The summed E-state index contributed by atoms with van der Waals surface area (Å²) in [4.78, 5) is 4.66. The molecule has 3 N–H and O–H groups in total. The number of nitrogens with two attached hydrogens (primary N) is 1. The average molecular weight is 343 g/mol. The molecule has 1 aliphatic rings. The Morgan fingerprint density at radius 1 is 1.08 bits per heavy atom. The number of nitrogens with one attached hydrogen (secondary N) is 1. The highest BCUT2D eigenvalue weighted by atomic mass is 15.1. The summed E-state index contributed by atoms with van der Waals surface area (Å²) in [6.07, 6.45) is 6.71. The molecule has 0 bridgehead atoms. The fourth-order valence-electron chi connectivity index (χ4n) is 3.05. The maximum atomic E-state index is 7.46. The minimum absolute atomic E-state index is 0.0501. The van der Waals surface area contributed by atoms with Crippen molar-refractivity contribution in [3.63, 3.8) is 0 Å². The van der Waals surface area contributed by atoms with Crippen LogP contribution in [0, 0.1) is 11.3 Å². The normalized spacial score (nSPS) is 14.2. The highest BCUT2D eigenvalue weighted by Gasteiger charge is 2.22. The molecule has 5 nitrogen and oxygen atoms in total. The van der Waals surface area contributed by atoms with E-state index in [4.69, 9.17) is 11.1 Å². The van der Waals surface area contributed by atoms with E-state index in [1.165, 1.54) is 19.3 Å². The van der Waals surface area contributed by atoms with Gasteiger partial charge in [-0.25, -0.2) is 0 Å². The van der Waals surface area contributed by atoms with Crippen molar-refractivity contribution >= 4 is 28.0 Å². The third-order valence-electron chi connectivity index (χ3n) is 4.78. The van der Waals surface area contributed by atoms with Gasteiger partial charge in [0, 0.05) is 22.5 Å². The molecule has 0 atom stereocenters. The first kappa shape index (κ1) is 16.4. The second-order valence-electron chi connectivity index (χ2n) is 6.78. The van der Waals surface area contributed by atoms with Gasteiger partial charge in [0.25, 0.3) is 0 Å². The smallest absolute Gasteiger partial charge is 0.122 e. The first-order chi connectivity index (χ1) is 12.7. The second-order valence-corrected chi connectivity index (χ2v) is 6.78. The number of benzene rings is 2. The predicted molar refractivity (Wildman–Crippen MR) is 104 cm³/mol. The number of azo groups is 1. The van der Waals surface area contributed by atoms with E-state index in [2.05, 4.69) is 21.3 Å². The van der Waals surface area contributed by atoms with Gasteiger partial charge in [-0.3, -0.25) is 10.4 Å². The molecule has 2 aromatic carbocycles. The third kappa shape index (κ3) is 3.61. The molecular weight excluding hydrogens is 322 g/mol. The fraction of sp³-hybridized carbons (Fsp3) is 0.238. The molecule has 1 heterocycles. The van der Waals surface area contributed by atoms with E-state index in [0.717, 1.165) is 40.2 Å². The van der Waals surface area contributed by atoms with Crippen LogP contribution >= 0.6 is 0 Å². The molecule has 4 rings (SSSR count). The van der Waals surface area contributed by atoms with E-state index in [-0.39, 0.29) is 5.84 Å². The van der Waals surface area contributed by atoms with Crippen LogP contribution in [0.2, 0.25) is 0 Å². The zero-order chi connectivity index (χ0) is 17.9. The van der Waals surface area contributed by atoms with Crippen LogP contribution in [-0.2, 0) is 6.42 Å². The maximum Gasteiger partial charge on any atom is 0.122 e. The highest BCUT2D eigenvalue weighted by Crippen LogP contribution is 2.36. The van der Waals surface area contributed by atoms with Crippen LogP contribution in [0.5, 0.6) is 0 Å². The zero-order valence-corrected chi connectivity index (χ0v) is 14.5. The van der Waals surface area contributed by atoms with Crippen molar-refractivity contribution in [1.29, 1.82) is 5.41 Å². The lowest BCUT2D eigenvalue weighted by Gasteiger charge is -2.07. The molecule has 130 valence electrons. The first-order valence-electron chi connectivity index (χ1n) is 8.93. The largest absolute Gasteiger partial charge is 0.384 e. The predicted octanol–water partition coefficient (Wildman–Crippen LogP) is 5.28. The lowest BCUT2D eigenvalue weighted by Crippen LogP contribution is -2.10. The summed E-state index contributed by atoms with van der Waals surface area (Å²) < 4.78 is 0. The Bertz CT molecular complexity index is 971. The van der Waals surface area contributed by atoms with E-state index >= 15 is 0 Å². The molecule has 0 spiro atoms. The Kier molecular flexibility index (Phi) is 4.44. The summed E-state index contributed by atoms with van der Waals surface area (Å²) in [6, 6.07) is 15.4. The minimum atomic E-state index is 0.0501. The third-order valence-corrected chi connectivity index (χ3v) is 4.78. The van der Waals surface area contributed by atoms with Crippen molar-refractivity contribution in [2.75, 3.05) is 0 Å². The number of fused-ring (bicyclic) bond motifs is 1. The van der Waals surface area contributed by atoms with Gasteiger partial charge in [0.05, 0.1) is 11.4 Å². The van der Waals surface area contributed by atoms with Gasteiger partial charge < -0.3 is 5.73 Å². The fourth-order valence-corrected chi connectivity index (χ4v) is 3.05. The number of aryl methyl sites for hydroxylation is 1. The van der Waals surface area contributed by atoms with Crippen LogP contribution in [0.1, 0.15) is 30.5 Å². The van der Waals surface area contributed by atoms with Gasteiger partial charge >= 0.3 is 0 Å². The average Bonchev–Trinajstić information content (AvgIpc) is 3.49. The van der Waals surface area contributed by atoms with E-state index in [1.807, 2.05) is 36.5 Å². The Morgan fingerprint density at radius 3 is 2.58 bits per heavy atom. The lowest BCUT2D eigenvalue weighted by molar-refractivity contribution is 0.715. The molecule has 1 saturated carbocycles. The summed E-state index contributed by atoms with van der Waals surface area (Å²) >= 11 is 0. The van der Waals surface area contributed by atoms with Crippen molar-refractivity contribution in [2.24, 2.45) is 21.9 Å². The van der Waals surface area contributed by atoms with E-state index in [0.29, 0.717) is 5.56 Å². The van der Waals surface area contributed by atoms with Gasteiger partial charge in [0.15, 0.2) is 0 Å². The van der Waals surface area contributed by atoms with E-state index < -0.39 is 0 Å². The monoisotopic (exact) mass is 343 g/mol. The maximum absolute atomic E-state index is 7.46. The molecule has 1 fully saturated rings. The topological polar surface area (TPSA) is 87.5 Å². The van der Waals surface area contributed by atoms with Crippen molar-refractivity contribution in [3.8, 4) is 0 Å². The van der Waals surface area contributed by atoms with Crippen LogP contribution in [0.3, 0.4) is 0 Å². The van der Waals surface area contributed by atoms with Crippen LogP contribution < -0.4 is 5.73 Å². The van der Waals surface area contributed by atoms with Gasteiger partial charge in [0.1, 0.15) is 11.5 Å². The van der Waals surface area contributed by atoms with Gasteiger partial charge in [-0.1, -0.05) is 37.1 Å².